The SMILES string of the molecule is O=Cc1cccc(CSc2nc(-c3cccs3)c(Br)c(=O)[nH]2)c1. The fourth-order valence-corrected chi connectivity index (χ4v) is 4.05. The summed E-state index contributed by atoms with van der Waals surface area (Å²) in [6.45, 7) is 0. The molecule has 2 heterocycles. The summed E-state index contributed by atoms with van der Waals surface area (Å²) < 4.78 is 0.437. The van der Waals surface area contributed by atoms with Crippen molar-refractivity contribution in [2.75, 3.05) is 0 Å². The second kappa shape index (κ2) is 7.25. The van der Waals surface area contributed by atoms with E-state index in [-0.39, 0.29) is 5.56 Å². The van der Waals surface area contributed by atoms with Crippen LogP contribution in [0.5, 0.6) is 0 Å². The predicted octanol–water partition coefficient (Wildman–Crippen LogP) is 4.37. The quantitative estimate of drug-likeness (QED) is 0.388. The fraction of sp³-hybridized carbons (Fsp3) is 0.0625. The van der Waals surface area contributed by atoms with Crippen LogP contribution in [0.4, 0.5) is 0 Å². The Bertz CT molecular complexity index is 891. The Kier molecular flexibility index (Phi) is 5.09. The zero-order valence-electron chi connectivity index (χ0n) is 11.8. The van der Waals surface area contributed by atoms with Gasteiger partial charge >= 0.3 is 0 Å². The summed E-state index contributed by atoms with van der Waals surface area (Å²) in [5.74, 6) is 0.621. The molecule has 0 aliphatic heterocycles. The number of rotatable bonds is 5. The molecule has 0 saturated heterocycles. The maximum atomic E-state index is 12.1. The van der Waals surface area contributed by atoms with Gasteiger partial charge in [0, 0.05) is 11.3 Å². The third-order valence-corrected chi connectivity index (χ3v) is 5.62. The van der Waals surface area contributed by atoms with Crippen LogP contribution in [0.2, 0.25) is 0 Å². The third kappa shape index (κ3) is 3.80. The van der Waals surface area contributed by atoms with Crippen LogP contribution in [-0.4, -0.2) is 16.3 Å². The smallest absolute Gasteiger partial charge is 0.266 e. The molecule has 4 nitrogen and oxygen atoms in total. The van der Waals surface area contributed by atoms with E-state index in [9.17, 15) is 9.59 Å². The van der Waals surface area contributed by atoms with Gasteiger partial charge in [-0.2, -0.15) is 0 Å². The lowest BCUT2D eigenvalue weighted by Gasteiger charge is -2.05. The maximum absolute atomic E-state index is 12.1. The Labute approximate surface area is 149 Å². The molecule has 3 rings (SSSR count). The van der Waals surface area contributed by atoms with Crippen molar-refractivity contribution in [2.45, 2.75) is 10.9 Å². The number of benzene rings is 1. The van der Waals surface area contributed by atoms with Crippen LogP contribution in [0, 0.1) is 0 Å². The number of H-pyrrole nitrogens is 1. The van der Waals surface area contributed by atoms with E-state index in [1.165, 1.54) is 23.1 Å². The molecule has 0 aliphatic rings. The van der Waals surface area contributed by atoms with Gasteiger partial charge in [0.15, 0.2) is 5.16 Å². The van der Waals surface area contributed by atoms with Gasteiger partial charge in [-0.05, 0) is 39.0 Å². The number of carbonyl (C=O) groups is 1. The topological polar surface area (TPSA) is 62.8 Å². The van der Waals surface area contributed by atoms with Crippen molar-refractivity contribution in [2.24, 2.45) is 0 Å². The Balaban J connectivity index is 1.86. The summed E-state index contributed by atoms with van der Waals surface area (Å²) in [6, 6.07) is 11.2. The molecule has 7 heteroatoms. The van der Waals surface area contributed by atoms with Crippen LogP contribution < -0.4 is 5.56 Å². The van der Waals surface area contributed by atoms with Crippen molar-refractivity contribution in [3.63, 3.8) is 0 Å². The molecular formula is C16H11BrN2O2S2. The van der Waals surface area contributed by atoms with E-state index in [0.29, 0.717) is 26.6 Å². The first-order valence-corrected chi connectivity index (χ1v) is 9.34. The zero-order valence-corrected chi connectivity index (χ0v) is 15.0. The molecule has 1 aromatic carbocycles. The molecule has 0 amide bonds. The molecule has 0 saturated carbocycles. The molecule has 23 heavy (non-hydrogen) atoms. The first-order chi connectivity index (χ1) is 11.2. The molecule has 0 aliphatic carbocycles. The lowest BCUT2D eigenvalue weighted by atomic mass is 10.2. The molecule has 3 aromatic rings. The molecular weight excluding hydrogens is 396 g/mol. The number of hydrogen-bond acceptors (Lipinski definition) is 5. The number of hydrogen-bond donors (Lipinski definition) is 1. The number of nitrogens with zero attached hydrogens (tertiary/aromatic N) is 1. The van der Waals surface area contributed by atoms with Crippen LogP contribution in [0.15, 0.2) is 56.2 Å². The van der Waals surface area contributed by atoms with Crippen molar-refractivity contribution in [1.29, 1.82) is 0 Å². The molecule has 1 N–H and O–H groups in total. The van der Waals surface area contributed by atoms with Crippen LogP contribution in [0.3, 0.4) is 0 Å². The maximum Gasteiger partial charge on any atom is 0.266 e. The first-order valence-electron chi connectivity index (χ1n) is 6.68. The van der Waals surface area contributed by atoms with Gasteiger partial charge in [-0.25, -0.2) is 4.98 Å². The van der Waals surface area contributed by atoms with Crippen LogP contribution in [0.1, 0.15) is 15.9 Å². The molecule has 0 unspecified atom stereocenters. The van der Waals surface area contributed by atoms with Crippen LogP contribution in [0.25, 0.3) is 10.6 Å². The zero-order chi connectivity index (χ0) is 16.2. The number of aromatic nitrogens is 2. The molecule has 0 atom stereocenters. The van der Waals surface area contributed by atoms with E-state index < -0.39 is 0 Å². The second-order valence-electron chi connectivity index (χ2n) is 4.66. The second-order valence-corrected chi connectivity index (χ2v) is 7.37. The van der Waals surface area contributed by atoms with Crippen molar-refractivity contribution in [3.8, 4) is 10.6 Å². The highest BCUT2D eigenvalue weighted by Gasteiger charge is 2.12. The summed E-state index contributed by atoms with van der Waals surface area (Å²) in [4.78, 5) is 31.1. The molecule has 0 radical (unpaired) electrons. The molecule has 0 fully saturated rings. The van der Waals surface area contributed by atoms with Gasteiger partial charge in [0.1, 0.15) is 16.5 Å². The van der Waals surface area contributed by atoms with E-state index >= 15 is 0 Å². The van der Waals surface area contributed by atoms with Crippen molar-refractivity contribution in [1.82, 2.24) is 9.97 Å². The summed E-state index contributed by atoms with van der Waals surface area (Å²) in [7, 11) is 0. The number of nitrogens with one attached hydrogen (secondary N) is 1. The van der Waals surface area contributed by atoms with Gasteiger partial charge in [-0.15, -0.1) is 11.3 Å². The lowest BCUT2D eigenvalue weighted by Crippen LogP contribution is -2.11. The number of aldehydes is 1. The van der Waals surface area contributed by atoms with Crippen LogP contribution >= 0.6 is 39.0 Å². The standard InChI is InChI=1S/C16H11BrN2O2S2/c17-13-14(12-5-2-6-22-12)18-16(19-15(13)21)23-9-11-4-1-3-10(7-11)8-20/h1-8H,9H2,(H,18,19,21). The van der Waals surface area contributed by atoms with Gasteiger partial charge in [0.2, 0.25) is 0 Å². The lowest BCUT2D eigenvalue weighted by molar-refractivity contribution is 0.112. The van der Waals surface area contributed by atoms with Gasteiger partial charge < -0.3 is 4.98 Å². The first kappa shape index (κ1) is 16.2. The van der Waals surface area contributed by atoms with Crippen molar-refractivity contribution < 1.29 is 4.79 Å². The largest absolute Gasteiger partial charge is 0.300 e. The van der Waals surface area contributed by atoms with E-state index in [2.05, 4.69) is 25.9 Å². The normalized spacial score (nSPS) is 10.7. The molecule has 0 spiro atoms. The van der Waals surface area contributed by atoms with E-state index in [0.717, 1.165) is 16.7 Å². The van der Waals surface area contributed by atoms with Gasteiger partial charge in [0.25, 0.3) is 5.56 Å². The Morgan fingerprint density at radius 3 is 2.91 bits per heavy atom. The average molecular weight is 407 g/mol. The highest BCUT2D eigenvalue weighted by atomic mass is 79.9. The van der Waals surface area contributed by atoms with E-state index in [1.807, 2.05) is 35.7 Å². The van der Waals surface area contributed by atoms with Crippen LogP contribution in [-0.2, 0) is 5.75 Å². The number of thiophene rings is 1. The van der Waals surface area contributed by atoms with Crippen molar-refractivity contribution >= 4 is 45.3 Å². The minimum absolute atomic E-state index is 0.201. The number of carbonyl (C=O) groups excluding carboxylic acids is 1. The van der Waals surface area contributed by atoms with Crippen molar-refractivity contribution in [3.05, 3.63) is 67.7 Å². The summed E-state index contributed by atoms with van der Waals surface area (Å²) >= 11 is 6.26. The highest BCUT2D eigenvalue weighted by Crippen LogP contribution is 2.29. The minimum atomic E-state index is -0.201. The van der Waals surface area contributed by atoms with E-state index in [4.69, 9.17) is 0 Å². The summed E-state index contributed by atoms with van der Waals surface area (Å²) in [5.41, 5.74) is 2.09. The van der Waals surface area contributed by atoms with E-state index in [1.54, 1.807) is 6.07 Å². The van der Waals surface area contributed by atoms with Gasteiger partial charge in [0.05, 0.1) is 4.88 Å². The summed E-state index contributed by atoms with van der Waals surface area (Å²) in [5, 5.41) is 2.50. The predicted molar refractivity (Wildman–Crippen MR) is 97.3 cm³/mol. The third-order valence-electron chi connectivity index (χ3n) is 3.06. The fourth-order valence-electron chi connectivity index (χ4n) is 1.99. The Morgan fingerprint density at radius 2 is 2.17 bits per heavy atom. The number of halogens is 1. The molecule has 0 bridgehead atoms. The van der Waals surface area contributed by atoms with Gasteiger partial charge in [-0.1, -0.05) is 36.0 Å². The monoisotopic (exact) mass is 406 g/mol. The average Bonchev–Trinajstić information content (AvgIpc) is 3.10. The highest BCUT2D eigenvalue weighted by molar-refractivity contribution is 9.10. The summed E-state index contributed by atoms with van der Waals surface area (Å²) in [6.07, 6.45) is 0.822. The Hall–Kier alpha value is -1.70. The minimum Gasteiger partial charge on any atom is -0.300 e. The Morgan fingerprint density at radius 1 is 1.30 bits per heavy atom. The number of aromatic amines is 1. The molecule has 116 valence electrons. The van der Waals surface area contributed by atoms with Gasteiger partial charge in [-0.3, -0.25) is 9.59 Å². The number of thioether (sulfide) groups is 1. The molecule has 2 aromatic heterocycles.